The van der Waals surface area contributed by atoms with Crippen LogP contribution >= 0.6 is 0 Å². The summed E-state index contributed by atoms with van der Waals surface area (Å²) in [5, 5.41) is 0. The molecule has 2 rings (SSSR count). The zero-order valence-electron chi connectivity index (χ0n) is 8.11. The first-order valence-corrected chi connectivity index (χ1v) is 4.52. The number of aromatic nitrogens is 3. The Labute approximate surface area is 81.0 Å². The van der Waals surface area contributed by atoms with Crippen LogP contribution in [0.1, 0.15) is 25.5 Å². The molecule has 0 aliphatic rings. The van der Waals surface area contributed by atoms with Crippen molar-refractivity contribution in [3.8, 4) is 0 Å². The number of hydrogen-bond donors (Lipinski definition) is 1. The van der Waals surface area contributed by atoms with E-state index in [9.17, 15) is 4.79 Å². The third-order valence-corrected chi connectivity index (χ3v) is 2.10. The van der Waals surface area contributed by atoms with Crippen LogP contribution in [0.25, 0.3) is 11.2 Å². The fraction of sp³-hybridized carbons (Fsp3) is 0.300. The van der Waals surface area contributed by atoms with Crippen molar-refractivity contribution in [1.82, 2.24) is 15.0 Å². The standard InChI is InChI=1S/C10H11N3O/c1-6(2)7-5-8(14)9-10(13-7)12-4-3-11-9/h3-6H,1-2H3,(H,12,13,14). The van der Waals surface area contributed by atoms with Gasteiger partial charge in [0.05, 0.1) is 0 Å². The summed E-state index contributed by atoms with van der Waals surface area (Å²) in [6.45, 7) is 4.04. The first-order chi connectivity index (χ1) is 6.68. The lowest BCUT2D eigenvalue weighted by Crippen LogP contribution is -2.08. The lowest BCUT2D eigenvalue weighted by atomic mass is 10.1. The molecule has 0 saturated carbocycles. The van der Waals surface area contributed by atoms with Crippen LogP contribution in [0, 0.1) is 0 Å². The molecule has 0 saturated heterocycles. The molecule has 0 bridgehead atoms. The Morgan fingerprint density at radius 1 is 1.29 bits per heavy atom. The van der Waals surface area contributed by atoms with Crippen LogP contribution in [0.4, 0.5) is 0 Å². The van der Waals surface area contributed by atoms with Gasteiger partial charge in [-0.1, -0.05) is 13.8 Å². The SMILES string of the molecule is CC(C)c1cc(=O)c2nccnc2[nH]1. The zero-order valence-corrected chi connectivity index (χ0v) is 8.11. The van der Waals surface area contributed by atoms with E-state index in [1.165, 1.54) is 6.20 Å². The molecule has 2 aromatic heterocycles. The summed E-state index contributed by atoms with van der Waals surface area (Å²) in [5.74, 6) is 0.286. The highest BCUT2D eigenvalue weighted by atomic mass is 16.1. The number of nitrogens with zero attached hydrogens (tertiary/aromatic N) is 2. The minimum absolute atomic E-state index is 0.0736. The number of H-pyrrole nitrogens is 1. The molecular weight excluding hydrogens is 178 g/mol. The molecule has 72 valence electrons. The minimum atomic E-state index is -0.0736. The van der Waals surface area contributed by atoms with Gasteiger partial charge in [-0.2, -0.15) is 0 Å². The van der Waals surface area contributed by atoms with E-state index in [2.05, 4.69) is 15.0 Å². The summed E-state index contributed by atoms with van der Waals surface area (Å²) in [4.78, 5) is 22.7. The molecule has 0 fully saturated rings. The summed E-state index contributed by atoms with van der Waals surface area (Å²) in [7, 11) is 0. The molecule has 0 unspecified atom stereocenters. The van der Waals surface area contributed by atoms with Gasteiger partial charge in [0.1, 0.15) is 0 Å². The fourth-order valence-corrected chi connectivity index (χ4v) is 1.30. The van der Waals surface area contributed by atoms with Crippen LogP contribution < -0.4 is 5.43 Å². The van der Waals surface area contributed by atoms with E-state index in [4.69, 9.17) is 0 Å². The van der Waals surface area contributed by atoms with Crippen LogP contribution in [0.5, 0.6) is 0 Å². The van der Waals surface area contributed by atoms with E-state index >= 15 is 0 Å². The van der Waals surface area contributed by atoms with Gasteiger partial charge in [0.15, 0.2) is 11.2 Å². The lowest BCUT2D eigenvalue weighted by Gasteiger charge is -2.05. The third kappa shape index (κ3) is 1.39. The summed E-state index contributed by atoms with van der Waals surface area (Å²) < 4.78 is 0. The molecule has 0 aliphatic heterocycles. The molecule has 4 nitrogen and oxygen atoms in total. The van der Waals surface area contributed by atoms with Crippen LogP contribution in [0.3, 0.4) is 0 Å². The first-order valence-electron chi connectivity index (χ1n) is 4.52. The first kappa shape index (κ1) is 8.87. The molecule has 0 aliphatic carbocycles. The van der Waals surface area contributed by atoms with Gasteiger partial charge in [-0.3, -0.25) is 4.79 Å². The van der Waals surface area contributed by atoms with Gasteiger partial charge in [0, 0.05) is 24.2 Å². The Morgan fingerprint density at radius 2 is 2.00 bits per heavy atom. The summed E-state index contributed by atoms with van der Waals surface area (Å²) in [6.07, 6.45) is 3.09. The van der Waals surface area contributed by atoms with E-state index in [1.54, 1.807) is 12.3 Å². The molecule has 0 radical (unpaired) electrons. The van der Waals surface area contributed by atoms with Crippen molar-refractivity contribution in [2.45, 2.75) is 19.8 Å². The highest BCUT2D eigenvalue weighted by Gasteiger charge is 2.05. The van der Waals surface area contributed by atoms with E-state index in [0.717, 1.165) is 5.69 Å². The summed E-state index contributed by atoms with van der Waals surface area (Å²) >= 11 is 0. The second-order valence-electron chi connectivity index (χ2n) is 3.50. The predicted octanol–water partition coefficient (Wildman–Crippen LogP) is 1.44. The van der Waals surface area contributed by atoms with Gasteiger partial charge in [-0.05, 0) is 5.92 Å². The van der Waals surface area contributed by atoms with Crippen LogP contribution in [-0.4, -0.2) is 15.0 Å². The monoisotopic (exact) mass is 189 g/mol. The van der Waals surface area contributed by atoms with E-state index < -0.39 is 0 Å². The number of fused-ring (bicyclic) bond motifs is 1. The highest BCUT2D eigenvalue weighted by molar-refractivity contribution is 5.68. The molecule has 4 heteroatoms. The molecule has 2 heterocycles. The van der Waals surface area contributed by atoms with E-state index in [1.807, 2.05) is 13.8 Å². The van der Waals surface area contributed by atoms with Crippen LogP contribution in [0.15, 0.2) is 23.3 Å². The predicted molar refractivity (Wildman–Crippen MR) is 54.2 cm³/mol. The minimum Gasteiger partial charge on any atom is -0.341 e. The van der Waals surface area contributed by atoms with Crippen molar-refractivity contribution in [3.05, 3.63) is 34.4 Å². The van der Waals surface area contributed by atoms with E-state index in [0.29, 0.717) is 11.2 Å². The maximum atomic E-state index is 11.6. The normalized spacial score (nSPS) is 11.1. The lowest BCUT2D eigenvalue weighted by molar-refractivity contribution is 0.825. The second-order valence-corrected chi connectivity index (χ2v) is 3.50. The number of nitrogens with one attached hydrogen (secondary N) is 1. The Kier molecular flexibility index (Phi) is 2.04. The summed E-state index contributed by atoms with van der Waals surface area (Å²) in [5.41, 5.74) is 1.78. The fourth-order valence-electron chi connectivity index (χ4n) is 1.30. The Hall–Kier alpha value is -1.71. The van der Waals surface area contributed by atoms with Crippen LogP contribution in [-0.2, 0) is 0 Å². The van der Waals surface area contributed by atoms with Gasteiger partial charge >= 0.3 is 0 Å². The van der Waals surface area contributed by atoms with Crippen molar-refractivity contribution in [2.24, 2.45) is 0 Å². The van der Waals surface area contributed by atoms with Gasteiger partial charge in [0.25, 0.3) is 0 Å². The molecule has 14 heavy (non-hydrogen) atoms. The molecule has 0 aromatic carbocycles. The smallest absolute Gasteiger partial charge is 0.209 e. The highest BCUT2D eigenvalue weighted by Crippen LogP contribution is 2.10. The number of aromatic amines is 1. The van der Waals surface area contributed by atoms with Crippen molar-refractivity contribution >= 4 is 11.2 Å². The van der Waals surface area contributed by atoms with Gasteiger partial charge in [0.2, 0.25) is 5.43 Å². The van der Waals surface area contributed by atoms with Crippen molar-refractivity contribution in [1.29, 1.82) is 0 Å². The Bertz CT molecular complexity index is 516. The molecule has 0 spiro atoms. The molecule has 2 aromatic rings. The molecule has 1 N–H and O–H groups in total. The average molecular weight is 189 g/mol. The topological polar surface area (TPSA) is 58.6 Å². The van der Waals surface area contributed by atoms with Crippen molar-refractivity contribution < 1.29 is 0 Å². The van der Waals surface area contributed by atoms with E-state index in [-0.39, 0.29) is 11.3 Å². The summed E-state index contributed by atoms with van der Waals surface area (Å²) in [6, 6.07) is 1.58. The molecule has 0 amide bonds. The zero-order chi connectivity index (χ0) is 10.1. The average Bonchev–Trinajstić information content (AvgIpc) is 2.17. The van der Waals surface area contributed by atoms with Gasteiger partial charge < -0.3 is 4.98 Å². The molecular formula is C10H11N3O. The quantitative estimate of drug-likeness (QED) is 0.738. The van der Waals surface area contributed by atoms with Crippen LogP contribution in [0.2, 0.25) is 0 Å². The maximum Gasteiger partial charge on any atom is 0.209 e. The Morgan fingerprint density at radius 3 is 2.71 bits per heavy atom. The van der Waals surface area contributed by atoms with Gasteiger partial charge in [-0.15, -0.1) is 0 Å². The van der Waals surface area contributed by atoms with Crippen molar-refractivity contribution in [2.75, 3.05) is 0 Å². The molecule has 0 atom stereocenters. The largest absolute Gasteiger partial charge is 0.341 e. The second kappa shape index (κ2) is 3.21. The maximum absolute atomic E-state index is 11.6. The number of rotatable bonds is 1. The third-order valence-electron chi connectivity index (χ3n) is 2.10. The van der Waals surface area contributed by atoms with Gasteiger partial charge in [-0.25, -0.2) is 9.97 Å². The number of hydrogen-bond acceptors (Lipinski definition) is 3. The Balaban J connectivity index is 2.79. The number of pyridine rings is 1. The van der Waals surface area contributed by atoms with Crippen molar-refractivity contribution in [3.63, 3.8) is 0 Å².